The number of rotatable bonds is 7. The summed E-state index contributed by atoms with van der Waals surface area (Å²) in [5, 5.41) is 7.09. The summed E-state index contributed by atoms with van der Waals surface area (Å²) in [6.45, 7) is 8.43. The number of hydrogen-bond acceptors (Lipinski definition) is 5. The lowest BCUT2D eigenvalue weighted by Crippen LogP contribution is -2.23. The average molecular weight is 274 g/mol. The summed E-state index contributed by atoms with van der Waals surface area (Å²) in [6.07, 6.45) is 1.58. The van der Waals surface area contributed by atoms with Crippen LogP contribution in [0.2, 0.25) is 0 Å². The highest BCUT2D eigenvalue weighted by molar-refractivity contribution is 7.91. The normalized spacial score (nSPS) is 12.6. The number of aryl methyl sites for hydroxylation is 1. The molecule has 1 aromatic rings. The maximum absolute atomic E-state index is 11.7. The van der Waals surface area contributed by atoms with Gasteiger partial charge in [0, 0.05) is 6.04 Å². The number of aromatic nitrogens is 3. The highest BCUT2D eigenvalue weighted by Gasteiger charge is 2.16. The second-order valence-electron chi connectivity index (χ2n) is 4.88. The monoisotopic (exact) mass is 274 g/mol. The third kappa shape index (κ3) is 4.73. The van der Waals surface area contributed by atoms with Crippen LogP contribution in [0.1, 0.15) is 33.5 Å². The van der Waals surface area contributed by atoms with E-state index in [1.165, 1.54) is 0 Å². The first-order valence-corrected chi connectivity index (χ1v) is 7.86. The largest absolute Gasteiger partial charge is 0.308 e. The molecule has 18 heavy (non-hydrogen) atoms. The molecular weight excluding hydrogens is 252 g/mol. The van der Waals surface area contributed by atoms with E-state index in [1.54, 1.807) is 24.9 Å². The molecule has 0 aliphatic carbocycles. The van der Waals surface area contributed by atoms with E-state index in [1.807, 2.05) is 13.8 Å². The SMILES string of the molecule is CC(C)NCc1ncn(CCS(=O)(=O)C(C)C)n1. The number of sulfone groups is 1. The van der Waals surface area contributed by atoms with Gasteiger partial charge in [-0.25, -0.2) is 13.4 Å². The van der Waals surface area contributed by atoms with Gasteiger partial charge in [-0.1, -0.05) is 13.8 Å². The Balaban J connectivity index is 2.50. The van der Waals surface area contributed by atoms with E-state index in [-0.39, 0.29) is 11.0 Å². The van der Waals surface area contributed by atoms with E-state index in [0.717, 1.165) is 0 Å². The van der Waals surface area contributed by atoms with Gasteiger partial charge in [-0.15, -0.1) is 0 Å². The maximum Gasteiger partial charge on any atom is 0.164 e. The Morgan fingerprint density at radius 2 is 2.00 bits per heavy atom. The molecule has 1 aromatic heterocycles. The molecule has 0 aromatic carbocycles. The van der Waals surface area contributed by atoms with Crippen molar-refractivity contribution in [1.82, 2.24) is 20.1 Å². The Hall–Kier alpha value is -0.950. The van der Waals surface area contributed by atoms with Crippen LogP contribution >= 0.6 is 0 Å². The summed E-state index contributed by atoms with van der Waals surface area (Å²) in [4.78, 5) is 4.13. The highest BCUT2D eigenvalue weighted by atomic mass is 32.2. The van der Waals surface area contributed by atoms with E-state index in [9.17, 15) is 8.42 Å². The van der Waals surface area contributed by atoms with Crippen LogP contribution in [0.5, 0.6) is 0 Å². The summed E-state index contributed by atoms with van der Waals surface area (Å²) >= 11 is 0. The summed E-state index contributed by atoms with van der Waals surface area (Å²) in [6, 6.07) is 0.373. The van der Waals surface area contributed by atoms with Crippen molar-refractivity contribution in [3.8, 4) is 0 Å². The van der Waals surface area contributed by atoms with Gasteiger partial charge in [0.1, 0.15) is 6.33 Å². The summed E-state index contributed by atoms with van der Waals surface area (Å²) in [7, 11) is -3.02. The third-order valence-electron chi connectivity index (χ3n) is 2.58. The zero-order valence-corrected chi connectivity index (χ0v) is 12.2. The van der Waals surface area contributed by atoms with Crippen molar-refractivity contribution in [2.45, 2.75) is 52.1 Å². The fourth-order valence-corrected chi connectivity index (χ4v) is 2.19. The maximum atomic E-state index is 11.7. The summed E-state index contributed by atoms with van der Waals surface area (Å²) in [5.74, 6) is 0.788. The third-order valence-corrected chi connectivity index (χ3v) is 4.76. The molecule has 0 spiro atoms. The fraction of sp³-hybridized carbons (Fsp3) is 0.818. The van der Waals surface area contributed by atoms with Crippen LogP contribution < -0.4 is 5.32 Å². The van der Waals surface area contributed by atoms with E-state index >= 15 is 0 Å². The van der Waals surface area contributed by atoms with Crippen LogP contribution in [0.4, 0.5) is 0 Å². The molecule has 6 nitrogen and oxygen atoms in total. The first kappa shape index (κ1) is 15.1. The Labute approximate surface area is 109 Å². The zero-order chi connectivity index (χ0) is 13.8. The van der Waals surface area contributed by atoms with Crippen LogP contribution in [-0.2, 0) is 22.9 Å². The Morgan fingerprint density at radius 1 is 1.33 bits per heavy atom. The van der Waals surface area contributed by atoms with Gasteiger partial charge >= 0.3 is 0 Å². The molecule has 0 bridgehead atoms. The van der Waals surface area contributed by atoms with Gasteiger partial charge in [0.2, 0.25) is 0 Å². The molecule has 0 saturated heterocycles. The lowest BCUT2D eigenvalue weighted by molar-refractivity contribution is 0.556. The van der Waals surface area contributed by atoms with Gasteiger partial charge in [0.15, 0.2) is 15.7 Å². The molecule has 0 aliphatic rings. The number of nitrogens with zero attached hydrogens (tertiary/aromatic N) is 3. The highest BCUT2D eigenvalue weighted by Crippen LogP contribution is 2.01. The van der Waals surface area contributed by atoms with Crippen molar-refractivity contribution in [1.29, 1.82) is 0 Å². The molecule has 0 radical (unpaired) electrons. The fourth-order valence-electron chi connectivity index (χ4n) is 1.27. The Kier molecular flexibility index (Phi) is 5.28. The lowest BCUT2D eigenvalue weighted by atomic mass is 10.4. The van der Waals surface area contributed by atoms with Gasteiger partial charge in [0.25, 0.3) is 0 Å². The Morgan fingerprint density at radius 3 is 2.56 bits per heavy atom. The van der Waals surface area contributed by atoms with Crippen molar-refractivity contribution < 1.29 is 8.42 Å². The molecule has 104 valence electrons. The molecule has 1 N–H and O–H groups in total. The predicted molar refractivity (Wildman–Crippen MR) is 70.9 cm³/mol. The molecule has 7 heteroatoms. The molecule has 0 saturated carbocycles. The standard InChI is InChI=1S/C11H22N4O2S/c1-9(2)12-7-11-13-8-15(14-11)5-6-18(16,17)10(3)4/h8-10,12H,5-7H2,1-4H3. The van der Waals surface area contributed by atoms with E-state index in [0.29, 0.717) is 25.0 Å². The van der Waals surface area contributed by atoms with Crippen molar-refractivity contribution >= 4 is 9.84 Å². The molecule has 0 fully saturated rings. The van der Waals surface area contributed by atoms with Crippen LogP contribution in [0.25, 0.3) is 0 Å². The van der Waals surface area contributed by atoms with Gasteiger partial charge in [-0.05, 0) is 13.8 Å². The minimum Gasteiger partial charge on any atom is -0.308 e. The zero-order valence-electron chi connectivity index (χ0n) is 11.4. The molecule has 0 unspecified atom stereocenters. The van der Waals surface area contributed by atoms with Gasteiger partial charge in [-0.2, -0.15) is 5.10 Å². The minimum atomic E-state index is -3.02. The smallest absolute Gasteiger partial charge is 0.164 e. The van der Waals surface area contributed by atoms with Gasteiger partial charge < -0.3 is 5.32 Å². The van der Waals surface area contributed by atoms with Crippen molar-refractivity contribution in [3.05, 3.63) is 12.2 Å². The van der Waals surface area contributed by atoms with E-state index in [4.69, 9.17) is 0 Å². The molecular formula is C11H22N4O2S. The van der Waals surface area contributed by atoms with E-state index < -0.39 is 9.84 Å². The second-order valence-corrected chi connectivity index (χ2v) is 7.55. The minimum absolute atomic E-state index is 0.102. The lowest BCUT2D eigenvalue weighted by Gasteiger charge is -2.07. The topological polar surface area (TPSA) is 76.9 Å². The molecule has 0 aliphatic heterocycles. The molecule has 1 rings (SSSR count). The first-order valence-electron chi connectivity index (χ1n) is 6.14. The van der Waals surface area contributed by atoms with Crippen LogP contribution in [-0.4, -0.2) is 40.2 Å². The van der Waals surface area contributed by atoms with Gasteiger partial charge in [0.05, 0.1) is 24.1 Å². The number of hydrogen-bond donors (Lipinski definition) is 1. The predicted octanol–water partition coefficient (Wildman–Crippen LogP) is 0.599. The second kappa shape index (κ2) is 6.29. The summed E-state index contributed by atoms with van der Waals surface area (Å²) < 4.78 is 24.9. The number of nitrogens with one attached hydrogen (secondary N) is 1. The van der Waals surface area contributed by atoms with E-state index in [2.05, 4.69) is 15.4 Å². The van der Waals surface area contributed by atoms with Crippen LogP contribution in [0.3, 0.4) is 0 Å². The molecule has 0 amide bonds. The first-order chi connectivity index (χ1) is 8.31. The molecule has 0 atom stereocenters. The average Bonchev–Trinajstić information content (AvgIpc) is 2.71. The van der Waals surface area contributed by atoms with Crippen LogP contribution in [0, 0.1) is 0 Å². The van der Waals surface area contributed by atoms with Crippen molar-refractivity contribution in [2.75, 3.05) is 5.75 Å². The Bertz CT molecular complexity index is 465. The van der Waals surface area contributed by atoms with Crippen LogP contribution in [0.15, 0.2) is 6.33 Å². The molecule has 1 heterocycles. The quantitative estimate of drug-likeness (QED) is 0.788. The van der Waals surface area contributed by atoms with Crippen molar-refractivity contribution in [2.24, 2.45) is 0 Å². The van der Waals surface area contributed by atoms with Gasteiger partial charge in [-0.3, -0.25) is 4.68 Å². The van der Waals surface area contributed by atoms with Crippen molar-refractivity contribution in [3.63, 3.8) is 0 Å². The summed E-state index contributed by atoms with van der Waals surface area (Å²) in [5.41, 5.74) is 0.